The largest absolute Gasteiger partial charge is 0.381 e. The minimum atomic E-state index is -0.0640. The van der Waals surface area contributed by atoms with Crippen molar-refractivity contribution in [2.75, 3.05) is 25.1 Å². The van der Waals surface area contributed by atoms with Gasteiger partial charge in [0.05, 0.1) is 11.2 Å². The van der Waals surface area contributed by atoms with E-state index in [9.17, 15) is 0 Å². The van der Waals surface area contributed by atoms with Crippen LogP contribution in [0.1, 0.15) is 18.5 Å². The van der Waals surface area contributed by atoms with Gasteiger partial charge in [-0.15, -0.1) is 0 Å². The first-order valence-corrected chi connectivity index (χ1v) is 6.64. The Bertz CT molecular complexity index is 391. The maximum absolute atomic E-state index is 5.90. The van der Waals surface area contributed by atoms with Gasteiger partial charge in [0, 0.05) is 24.2 Å². The monoisotopic (exact) mass is 299 g/mol. The summed E-state index contributed by atoms with van der Waals surface area (Å²) >= 11 is 3.45. The molecule has 2 heterocycles. The fourth-order valence-corrected chi connectivity index (χ4v) is 2.25. The summed E-state index contributed by atoms with van der Waals surface area (Å²) in [5.74, 6) is 0.887. The number of aryl methyl sites for hydroxylation is 1. The fourth-order valence-electron chi connectivity index (χ4n) is 2.03. The number of hydrogen-bond acceptors (Lipinski definition) is 4. The second-order valence-electron chi connectivity index (χ2n) is 4.49. The summed E-state index contributed by atoms with van der Waals surface area (Å²) in [5, 5.41) is 3.48. The zero-order valence-electron chi connectivity index (χ0n) is 10.0. The SMILES string of the molecule is Cc1nc(NC2(CN)CCOCC2)ccc1Br. The molecule has 1 saturated heterocycles. The van der Waals surface area contributed by atoms with Crippen molar-refractivity contribution in [3.05, 3.63) is 22.3 Å². The number of rotatable bonds is 3. The summed E-state index contributed by atoms with van der Waals surface area (Å²) in [6.07, 6.45) is 1.86. The van der Waals surface area contributed by atoms with Gasteiger partial charge in [-0.1, -0.05) is 0 Å². The van der Waals surface area contributed by atoms with Crippen LogP contribution < -0.4 is 11.1 Å². The maximum Gasteiger partial charge on any atom is 0.126 e. The molecule has 0 aliphatic carbocycles. The van der Waals surface area contributed by atoms with Gasteiger partial charge in [-0.25, -0.2) is 4.98 Å². The molecule has 0 radical (unpaired) electrons. The molecule has 1 aliphatic rings. The van der Waals surface area contributed by atoms with Crippen LogP contribution in [0.15, 0.2) is 16.6 Å². The second-order valence-corrected chi connectivity index (χ2v) is 5.34. The lowest BCUT2D eigenvalue weighted by molar-refractivity contribution is 0.0627. The summed E-state index contributed by atoms with van der Waals surface area (Å²) in [6, 6.07) is 3.98. The number of nitrogens with two attached hydrogens (primary N) is 1. The Hall–Kier alpha value is -0.650. The Balaban J connectivity index is 2.14. The lowest BCUT2D eigenvalue weighted by Gasteiger charge is -2.37. The van der Waals surface area contributed by atoms with E-state index in [4.69, 9.17) is 10.5 Å². The van der Waals surface area contributed by atoms with Crippen LogP contribution in [0, 0.1) is 6.92 Å². The average Bonchev–Trinajstić information content (AvgIpc) is 2.35. The van der Waals surface area contributed by atoms with Crippen LogP contribution in [0.5, 0.6) is 0 Å². The molecule has 4 nitrogen and oxygen atoms in total. The standard InChI is InChI=1S/C12H18BrN3O/c1-9-10(13)2-3-11(15-9)16-12(8-14)4-6-17-7-5-12/h2-3H,4-8,14H2,1H3,(H,15,16). The molecule has 5 heteroatoms. The summed E-state index contributed by atoms with van der Waals surface area (Å²) < 4.78 is 6.41. The Labute approximate surface area is 110 Å². The number of aromatic nitrogens is 1. The van der Waals surface area contributed by atoms with Crippen LogP contribution in [-0.4, -0.2) is 30.3 Å². The normalized spacial score (nSPS) is 19.0. The molecule has 0 unspecified atom stereocenters. The molecule has 0 amide bonds. The van der Waals surface area contributed by atoms with Crippen molar-refractivity contribution in [1.29, 1.82) is 0 Å². The van der Waals surface area contributed by atoms with Gasteiger partial charge in [-0.3, -0.25) is 0 Å². The van der Waals surface area contributed by atoms with Gasteiger partial charge >= 0.3 is 0 Å². The Kier molecular flexibility index (Phi) is 4.01. The molecule has 2 rings (SSSR count). The van der Waals surface area contributed by atoms with Crippen molar-refractivity contribution in [2.24, 2.45) is 5.73 Å². The van der Waals surface area contributed by atoms with E-state index in [-0.39, 0.29) is 5.54 Å². The first-order valence-electron chi connectivity index (χ1n) is 5.84. The first-order chi connectivity index (χ1) is 8.15. The molecular formula is C12H18BrN3O. The van der Waals surface area contributed by atoms with Crippen LogP contribution in [-0.2, 0) is 4.74 Å². The molecule has 3 N–H and O–H groups in total. The average molecular weight is 300 g/mol. The molecule has 1 aliphatic heterocycles. The van der Waals surface area contributed by atoms with Crippen molar-refractivity contribution in [3.8, 4) is 0 Å². The highest BCUT2D eigenvalue weighted by Crippen LogP contribution is 2.25. The molecule has 94 valence electrons. The van der Waals surface area contributed by atoms with E-state index in [1.807, 2.05) is 19.1 Å². The van der Waals surface area contributed by atoms with Crippen LogP contribution in [0.2, 0.25) is 0 Å². The minimum absolute atomic E-state index is 0.0640. The van der Waals surface area contributed by atoms with Crippen molar-refractivity contribution >= 4 is 21.7 Å². The quantitative estimate of drug-likeness (QED) is 0.897. The Morgan fingerprint density at radius 1 is 1.47 bits per heavy atom. The third kappa shape index (κ3) is 2.97. The van der Waals surface area contributed by atoms with Crippen LogP contribution >= 0.6 is 15.9 Å². The lowest BCUT2D eigenvalue weighted by atomic mass is 9.90. The van der Waals surface area contributed by atoms with Gasteiger partial charge in [-0.05, 0) is 47.8 Å². The molecule has 0 bridgehead atoms. The molecule has 1 aromatic heterocycles. The van der Waals surface area contributed by atoms with Gasteiger partial charge in [0.25, 0.3) is 0 Å². The molecule has 17 heavy (non-hydrogen) atoms. The smallest absolute Gasteiger partial charge is 0.126 e. The van der Waals surface area contributed by atoms with Gasteiger partial charge in [-0.2, -0.15) is 0 Å². The molecule has 0 saturated carbocycles. The molecule has 0 spiro atoms. The molecule has 0 atom stereocenters. The van der Waals surface area contributed by atoms with E-state index in [0.717, 1.165) is 42.0 Å². The predicted molar refractivity (Wildman–Crippen MR) is 72.1 cm³/mol. The van der Waals surface area contributed by atoms with E-state index < -0.39 is 0 Å². The second kappa shape index (κ2) is 5.33. The Morgan fingerprint density at radius 2 is 2.18 bits per heavy atom. The lowest BCUT2D eigenvalue weighted by Crippen LogP contribution is -2.49. The van der Waals surface area contributed by atoms with Gasteiger partial charge < -0.3 is 15.8 Å². The number of ether oxygens (including phenoxy) is 1. The summed E-state index contributed by atoms with van der Waals surface area (Å²) in [5.41, 5.74) is 6.82. The van der Waals surface area contributed by atoms with Gasteiger partial charge in [0.15, 0.2) is 0 Å². The van der Waals surface area contributed by atoms with Gasteiger partial charge in [0.1, 0.15) is 5.82 Å². The van der Waals surface area contributed by atoms with Crippen LogP contribution in [0.4, 0.5) is 5.82 Å². The Morgan fingerprint density at radius 3 is 2.76 bits per heavy atom. The predicted octanol–water partition coefficient (Wildman–Crippen LogP) is 2.07. The highest BCUT2D eigenvalue weighted by Gasteiger charge is 2.31. The van der Waals surface area contributed by atoms with E-state index in [1.54, 1.807) is 0 Å². The van der Waals surface area contributed by atoms with E-state index >= 15 is 0 Å². The summed E-state index contributed by atoms with van der Waals surface area (Å²) in [7, 11) is 0. The van der Waals surface area contributed by atoms with E-state index in [0.29, 0.717) is 6.54 Å². The number of nitrogens with one attached hydrogen (secondary N) is 1. The van der Waals surface area contributed by atoms with Crippen LogP contribution in [0.25, 0.3) is 0 Å². The van der Waals surface area contributed by atoms with Crippen molar-refractivity contribution in [3.63, 3.8) is 0 Å². The number of hydrogen-bond donors (Lipinski definition) is 2. The highest BCUT2D eigenvalue weighted by molar-refractivity contribution is 9.10. The van der Waals surface area contributed by atoms with E-state index in [1.165, 1.54) is 0 Å². The first kappa shape index (κ1) is 12.8. The number of pyridine rings is 1. The topological polar surface area (TPSA) is 60.2 Å². The minimum Gasteiger partial charge on any atom is -0.381 e. The third-order valence-corrected chi connectivity index (χ3v) is 4.09. The number of anilines is 1. The zero-order chi connectivity index (χ0) is 12.3. The molecule has 0 aromatic carbocycles. The number of halogens is 1. The summed E-state index contributed by atoms with van der Waals surface area (Å²) in [6.45, 7) is 4.11. The van der Waals surface area contributed by atoms with E-state index in [2.05, 4.69) is 26.2 Å². The van der Waals surface area contributed by atoms with Crippen molar-refractivity contribution in [1.82, 2.24) is 4.98 Å². The van der Waals surface area contributed by atoms with Crippen LogP contribution in [0.3, 0.4) is 0 Å². The highest BCUT2D eigenvalue weighted by atomic mass is 79.9. The molecule has 1 fully saturated rings. The molecular weight excluding hydrogens is 282 g/mol. The fraction of sp³-hybridized carbons (Fsp3) is 0.583. The third-order valence-electron chi connectivity index (χ3n) is 3.26. The van der Waals surface area contributed by atoms with Gasteiger partial charge in [0.2, 0.25) is 0 Å². The maximum atomic E-state index is 5.90. The number of nitrogens with zero attached hydrogens (tertiary/aromatic N) is 1. The summed E-state index contributed by atoms with van der Waals surface area (Å²) in [4.78, 5) is 4.51. The van der Waals surface area contributed by atoms with Crippen molar-refractivity contribution in [2.45, 2.75) is 25.3 Å². The zero-order valence-corrected chi connectivity index (χ0v) is 11.6. The van der Waals surface area contributed by atoms with Crippen molar-refractivity contribution < 1.29 is 4.74 Å². The molecule has 1 aromatic rings.